The molecular formula is C14H18ClF2N3O2. The summed E-state index contributed by atoms with van der Waals surface area (Å²) in [5.41, 5.74) is 0. The number of anilines is 1. The first kappa shape index (κ1) is 16.9. The van der Waals surface area contributed by atoms with Gasteiger partial charge in [-0.3, -0.25) is 4.90 Å². The molecule has 1 N–H and O–H groups in total. The molecular weight excluding hydrogens is 316 g/mol. The van der Waals surface area contributed by atoms with Crippen LogP contribution in [0.4, 0.5) is 19.4 Å². The largest absolute Gasteiger partial charge is 0.379 e. The van der Waals surface area contributed by atoms with E-state index in [1.54, 1.807) is 19.2 Å². The predicted molar refractivity (Wildman–Crippen MR) is 79.5 cm³/mol. The predicted octanol–water partition coefficient (Wildman–Crippen LogP) is 2.94. The normalized spacial score (nSPS) is 18.4. The van der Waals surface area contributed by atoms with Crippen molar-refractivity contribution in [3.63, 3.8) is 0 Å². The number of pyridine rings is 1. The number of methoxy groups -OCH3 is 1. The fourth-order valence-corrected chi connectivity index (χ4v) is 2.50. The molecule has 122 valence electrons. The molecule has 8 heteroatoms. The number of hydrogen-bond donors (Lipinski definition) is 1. The Morgan fingerprint density at radius 1 is 1.59 bits per heavy atom. The van der Waals surface area contributed by atoms with E-state index in [-0.39, 0.29) is 31.3 Å². The Morgan fingerprint density at radius 2 is 2.27 bits per heavy atom. The van der Waals surface area contributed by atoms with Gasteiger partial charge in [0.15, 0.2) is 0 Å². The third-order valence-electron chi connectivity index (χ3n) is 3.76. The number of ether oxygens (including phenoxy) is 1. The summed E-state index contributed by atoms with van der Waals surface area (Å²) < 4.78 is 31.0. The molecule has 22 heavy (non-hydrogen) atoms. The highest BCUT2D eigenvalue weighted by Gasteiger charge is 2.48. The molecule has 0 aromatic carbocycles. The number of urea groups is 1. The van der Waals surface area contributed by atoms with E-state index in [9.17, 15) is 13.6 Å². The van der Waals surface area contributed by atoms with Gasteiger partial charge in [-0.05, 0) is 18.1 Å². The fourth-order valence-electron chi connectivity index (χ4n) is 2.39. The SMILES string of the molecule is COC(CNC(=O)N(C)c1ccc(Cl)cn1)C1CC(F)(F)C1. The second-order valence-corrected chi connectivity index (χ2v) is 5.81. The molecule has 1 saturated carbocycles. The van der Waals surface area contributed by atoms with Gasteiger partial charge in [-0.1, -0.05) is 11.6 Å². The van der Waals surface area contributed by atoms with Crippen molar-refractivity contribution < 1.29 is 18.3 Å². The molecule has 1 aliphatic rings. The third-order valence-corrected chi connectivity index (χ3v) is 3.99. The summed E-state index contributed by atoms with van der Waals surface area (Å²) in [5.74, 6) is -2.40. The average molecular weight is 334 g/mol. The van der Waals surface area contributed by atoms with Gasteiger partial charge in [-0.2, -0.15) is 0 Å². The Hall–Kier alpha value is -1.47. The van der Waals surface area contributed by atoms with Gasteiger partial charge in [0, 0.05) is 39.7 Å². The molecule has 0 saturated heterocycles. The van der Waals surface area contributed by atoms with Gasteiger partial charge in [-0.25, -0.2) is 18.6 Å². The molecule has 1 fully saturated rings. The summed E-state index contributed by atoms with van der Waals surface area (Å²) in [6, 6.07) is 2.85. The lowest BCUT2D eigenvalue weighted by atomic mass is 9.77. The van der Waals surface area contributed by atoms with Crippen molar-refractivity contribution in [1.29, 1.82) is 0 Å². The number of carbonyl (C=O) groups is 1. The van der Waals surface area contributed by atoms with Crippen LogP contribution in [-0.4, -0.2) is 43.7 Å². The molecule has 0 radical (unpaired) electrons. The van der Waals surface area contributed by atoms with Crippen LogP contribution in [0.1, 0.15) is 12.8 Å². The molecule has 0 bridgehead atoms. The zero-order valence-electron chi connectivity index (χ0n) is 12.4. The second-order valence-electron chi connectivity index (χ2n) is 5.38. The first-order valence-electron chi connectivity index (χ1n) is 6.86. The number of nitrogens with one attached hydrogen (secondary N) is 1. The monoisotopic (exact) mass is 333 g/mol. The Bertz CT molecular complexity index is 519. The lowest BCUT2D eigenvalue weighted by Gasteiger charge is -2.39. The molecule has 1 heterocycles. The van der Waals surface area contributed by atoms with Gasteiger partial charge in [0.1, 0.15) is 5.82 Å². The lowest BCUT2D eigenvalue weighted by Crippen LogP contribution is -2.49. The van der Waals surface area contributed by atoms with Crippen LogP contribution in [0.25, 0.3) is 0 Å². The van der Waals surface area contributed by atoms with E-state index in [4.69, 9.17) is 16.3 Å². The molecule has 1 unspecified atom stereocenters. The van der Waals surface area contributed by atoms with Crippen molar-refractivity contribution >= 4 is 23.4 Å². The highest BCUT2D eigenvalue weighted by Crippen LogP contribution is 2.44. The number of alkyl halides is 2. The highest BCUT2D eigenvalue weighted by molar-refractivity contribution is 6.30. The van der Waals surface area contributed by atoms with Crippen LogP contribution in [-0.2, 0) is 4.74 Å². The molecule has 1 aromatic rings. The van der Waals surface area contributed by atoms with Gasteiger partial charge in [-0.15, -0.1) is 0 Å². The van der Waals surface area contributed by atoms with E-state index in [0.717, 1.165) is 0 Å². The van der Waals surface area contributed by atoms with Gasteiger partial charge < -0.3 is 10.1 Å². The second kappa shape index (κ2) is 6.75. The van der Waals surface area contributed by atoms with Crippen LogP contribution in [0, 0.1) is 5.92 Å². The molecule has 0 aliphatic heterocycles. The Morgan fingerprint density at radius 3 is 2.77 bits per heavy atom. The molecule has 1 atom stereocenters. The maximum atomic E-state index is 12.9. The van der Waals surface area contributed by atoms with Crippen LogP contribution < -0.4 is 10.2 Å². The number of nitrogens with zero attached hydrogens (tertiary/aromatic N) is 2. The first-order chi connectivity index (χ1) is 10.3. The number of hydrogen-bond acceptors (Lipinski definition) is 3. The summed E-state index contributed by atoms with van der Waals surface area (Å²) in [4.78, 5) is 17.4. The van der Waals surface area contributed by atoms with E-state index in [1.165, 1.54) is 18.2 Å². The smallest absolute Gasteiger partial charge is 0.322 e. The zero-order chi connectivity index (χ0) is 16.3. The minimum Gasteiger partial charge on any atom is -0.379 e. The van der Waals surface area contributed by atoms with Crippen molar-refractivity contribution in [3.8, 4) is 0 Å². The maximum absolute atomic E-state index is 12.9. The van der Waals surface area contributed by atoms with E-state index >= 15 is 0 Å². The van der Waals surface area contributed by atoms with Gasteiger partial charge in [0.25, 0.3) is 0 Å². The van der Waals surface area contributed by atoms with Gasteiger partial charge >= 0.3 is 6.03 Å². The number of amides is 2. The van der Waals surface area contributed by atoms with Crippen LogP contribution in [0.2, 0.25) is 5.02 Å². The molecule has 0 spiro atoms. The number of aromatic nitrogens is 1. The van der Waals surface area contributed by atoms with E-state index in [0.29, 0.717) is 10.8 Å². The molecule has 1 aliphatic carbocycles. The van der Waals surface area contributed by atoms with Crippen LogP contribution in [0.5, 0.6) is 0 Å². The van der Waals surface area contributed by atoms with Crippen LogP contribution in [0.15, 0.2) is 18.3 Å². The minimum absolute atomic E-state index is 0.175. The van der Waals surface area contributed by atoms with Crippen molar-refractivity contribution in [1.82, 2.24) is 10.3 Å². The van der Waals surface area contributed by atoms with Crippen molar-refractivity contribution in [2.75, 3.05) is 25.6 Å². The van der Waals surface area contributed by atoms with E-state index in [2.05, 4.69) is 10.3 Å². The Kier molecular flexibility index (Phi) is 5.18. The summed E-state index contributed by atoms with van der Waals surface area (Å²) in [6.07, 6.45) is 0.621. The number of halogens is 3. The summed E-state index contributed by atoms with van der Waals surface area (Å²) in [6.45, 7) is 0.175. The van der Waals surface area contributed by atoms with Crippen molar-refractivity contribution in [3.05, 3.63) is 23.4 Å². The number of carbonyl (C=O) groups excluding carboxylic acids is 1. The summed E-state index contributed by atoms with van der Waals surface area (Å²) in [5, 5.41) is 3.14. The summed E-state index contributed by atoms with van der Waals surface area (Å²) >= 11 is 5.74. The molecule has 1 aromatic heterocycles. The van der Waals surface area contributed by atoms with Crippen LogP contribution in [0.3, 0.4) is 0 Å². The summed E-state index contributed by atoms with van der Waals surface area (Å²) in [7, 11) is 3.02. The zero-order valence-corrected chi connectivity index (χ0v) is 13.1. The number of rotatable bonds is 5. The van der Waals surface area contributed by atoms with Gasteiger partial charge in [0.2, 0.25) is 5.92 Å². The Balaban J connectivity index is 1.84. The fraction of sp³-hybridized carbons (Fsp3) is 0.571. The topological polar surface area (TPSA) is 54.5 Å². The quantitative estimate of drug-likeness (QED) is 0.901. The minimum atomic E-state index is -2.60. The molecule has 5 nitrogen and oxygen atoms in total. The Labute approximate surface area is 132 Å². The van der Waals surface area contributed by atoms with Crippen LogP contribution >= 0.6 is 11.6 Å². The van der Waals surface area contributed by atoms with Gasteiger partial charge in [0.05, 0.1) is 11.1 Å². The van der Waals surface area contributed by atoms with E-state index < -0.39 is 12.0 Å². The molecule has 2 amide bonds. The first-order valence-corrected chi connectivity index (χ1v) is 7.24. The molecule has 2 rings (SSSR count). The third kappa shape index (κ3) is 4.04. The highest BCUT2D eigenvalue weighted by atomic mass is 35.5. The van der Waals surface area contributed by atoms with Crippen molar-refractivity contribution in [2.24, 2.45) is 5.92 Å². The average Bonchev–Trinajstić information content (AvgIpc) is 2.45. The maximum Gasteiger partial charge on any atom is 0.322 e. The van der Waals surface area contributed by atoms with Crippen molar-refractivity contribution in [2.45, 2.75) is 24.9 Å². The van der Waals surface area contributed by atoms with E-state index in [1.807, 2.05) is 0 Å². The lowest BCUT2D eigenvalue weighted by molar-refractivity contribution is -0.145. The standard InChI is InChI=1S/C14H18ClF2N3O2/c1-20(12-4-3-10(15)7-18-12)13(21)19-8-11(22-2)9-5-14(16,17)6-9/h3-4,7,9,11H,5-6,8H2,1-2H3,(H,19,21).